The first-order valence-electron chi connectivity index (χ1n) is 16.1. The Balaban J connectivity index is 1.19. The molecule has 2 aliphatic heterocycles. The summed E-state index contributed by atoms with van der Waals surface area (Å²) >= 11 is 0. The van der Waals surface area contributed by atoms with Crippen molar-refractivity contribution in [2.75, 3.05) is 19.6 Å². The van der Waals surface area contributed by atoms with E-state index in [1.165, 1.54) is 0 Å². The highest BCUT2D eigenvalue weighted by molar-refractivity contribution is 7.39. The fraction of sp³-hybridized carbons (Fsp3) is 0.316. The molecule has 0 aromatic heterocycles. The van der Waals surface area contributed by atoms with Crippen LogP contribution in [0.15, 0.2) is 114 Å². The zero-order valence-electron chi connectivity index (χ0n) is 26.2. The highest BCUT2D eigenvalue weighted by Gasteiger charge is 2.48. The number of carbonyl (C=O) groups excluding carboxylic acids is 2. The molecule has 3 aliphatic rings. The van der Waals surface area contributed by atoms with E-state index in [1.807, 2.05) is 66.7 Å². The quantitative estimate of drug-likeness (QED) is 0.183. The Morgan fingerprint density at radius 1 is 1.00 bits per heavy atom. The number of halogens is 1. The summed E-state index contributed by atoms with van der Waals surface area (Å²) in [5, 5.41) is 4.55. The molecule has 4 unspecified atom stereocenters. The number of nitrogens with zero attached hydrogens (tertiary/aromatic N) is 1. The van der Waals surface area contributed by atoms with E-state index in [-0.39, 0.29) is 30.3 Å². The van der Waals surface area contributed by atoms with Gasteiger partial charge < -0.3 is 15.5 Å². The first kappa shape index (κ1) is 32.4. The maximum absolute atomic E-state index is 14.5. The average molecular weight is 654 g/mol. The van der Waals surface area contributed by atoms with Gasteiger partial charge in [0.2, 0.25) is 11.8 Å². The Bertz CT molecular complexity index is 1650. The van der Waals surface area contributed by atoms with E-state index in [0.29, 0.717) is 13.0 Å². The van der Waals surface area contributed by atoms with E-state index in [9.17, 15) is 14.0 Å². The number of hydrogen-bond acceptors (Lipinski definition) is 3. The molecule has 2 heterocycles. The summed E-state index contributed by atoms with van der Waals surface area (Å²) in [5.74, 6) is -0.467. The summed E-state index contributed by atoms with van der Waals surface area (Å²) in [6.07, 6.45) is 11.5. The smallest absolute Gasteiger partial charge is 0.235 e. The Labute approximate surface area is 276 Å². The van der Waals surface area contributed by atoms with E-state index in [1.54, 1.807) is 0 Å². The van der Waals surface area contributed by atoms with Crippen molar-refractivity contribution in [3.63, 3.8) is 0 Å². The molecular weight excluding hydrogens is 611 g/mol. The van der Waals surface area contributed by atoms with E-state index >= 15 is 0 Å². The first-order chi connectivity index (χ1) is 22.2. The molecule has 46 heavy (non-hydrogen) atoms. The third-order valence-electron chi connectivity index (χ3n) is 9.43. The van der Waals surface area contributed by atoms with Crippen LogP contribution in [0.1, 0.15) is 55.2 Å². The lowest BCUT2D eigenvalue weighted by Gasteiger charge is -2.32. The van der Waals surface area contributed by atoms with Crippen molar-refractivity contribution in [1.82, 2.24) is 15.5 Å². The maximum atomic E-state index is 14.5. The summed E-state index contributed by atoms with van der Waals surface area (Å²) in [6.45, 7) is 3.47. The molecule has 1 aliphatic carbocycles. The molecule has 8 heteroatoms. The second-order valence-corrected chi connectivity index (χ2v) is 15.1. The fourth-order valence-corrected chi connectivity index (χ4v) is 7.53. The normalized spacial score (nSPS) is 21.7. The highest BCUT2D eigenvalue weighted by atomic mass is 31.1. The first-order valence-corrected chi connectivity index (χ1v) is 17.3. The molecule has 3 aromatic rings. The van der Waals surface area contributed by atoms with Crippen LogP contribution in [0.4, 0.5) is 4.39 Å². The molecule has 3 aromatic carbocycles. The van der Waals surface area contributed by atoms with Gasteiger partial charge in [0.1, 0.15) is 5.41 Å². The van der Waals surface area contributed by atoms with Crippen LogP contribution in [0, 0.1) is 0 Å². The van der Waals surface area contributed by atoms with Crippen LogP contribution in [0.25, 0.3) is 11.1 Å². The molecule has 2 N–H and O–H groups in total. The molecule has 0 radical (unpaired) electrons. The van der Waals surface area contributed by atoms with Gasteiger partial charge in [-0.05, 0) is 65.7 Å². The molecule has 0 spiro atoms. The summed E-state index contributed by atoms with van der Waals surface area (Å²) in [5.41, 5.74) is 6.35. The molecule has 6 rings (SSSR count). The molecule has 0 saturated carbocycles. The standard InChI is InChI=1S/C38H42FN3O2P2/c1-2-26-15-12-16-29-23-28(41-35(43)34(26)27-13-4-3-5-14-27)24-42(29)22-11-10-21-37(36(44)40-25-38(39,45)46)32-19-8-6-17-30(32)31-18-7-9-20-33(31)37/h3-9,12-20,23,28,34H,2,10-11,21-22,24-25,45-46H2,1H3,(H,40,44)(H,41,43)/b16-12-,26-15+. The van der Waals surface area contributed by atoms with E-state index < -0.39 is 10.6 Å². The summed E-state index contributed by atoms with van der Waals surface area (Å²) < 4.78 is 14.5. The largest absolute Gasteiger partial charge is 0.369 e. The van der Waals surface area contributed by atoms with Gasteiger partial charge in [0.15, 0.2) is 5.15 Å². The highest BCUT2D eigenvalue weighted by Crippen LogP contribution is 2.51. The van der Waals surface area contributed by atoms with Crippen LogP contribution >= 0.6 is 18.5 Å². The predicted octanol–water partition coefficient (Wildman–Crippen LogP) is 6.99. The molecule has 4 atom stereocenters. The van der Waals surface area contributed by atoms with E-state index in [2.05, 4.69) is 77.4 Å². The Kier molecular flexibility index (Phi) is 9.59. The van der Waals surface area contributed by atoms with Gasteiger partial charge in [-0.1, -0.05) is 122 Å². The van der Waals surface area contributed by atoms with Crippen LogP contribution in [0.3, 0.4) is 0 Å². The minimum Gasteiger partial charge on any atom is -0.369 e. The summed E-state index contributed by atoms with van der Waals surface area (Å²) in [4.78, 5) is 30.1. The van der Waals surface area contributed by atoms with Crippen molar-refractivity contribution in [1.29, 1.82) is 0 Å². The number of fused-ring (bicyclic) bond motifs is 4. The molecule has 238 valence electrons. The number of benzene rings is 3. The lowest BCUT2D eigenvalue weighted by atomic mass is 9.73. The molecule has 0 fully saturated rings. The molecule has 5 nitrogen and oxygen atoms in total. The van der Waals surface area contributed by atoms with Gasteiger partial charge in [0, 0.05) is 18.8 Å². The molecular formula is C38H42FN3O2P2. The monoisotopic (exact) mass is 653 g/mol. The molecule has 0 saturated heterocycles. The van der Waals surface area contributed by atoms with Crippen LogP contribution in [-0.4, -0.2) is 47.5 Å². The van der Waals surface area contributed by atoms with E-state index in [4.69, 9.17) is 0 Å². The van der Waals surface area contributed by atoms with Crippen LogP contribution in [-0.2, 0) is 15.0 Å². The van der Waals surface area contributed by atoms with Crippen molar-refractivity contribution in [2.24, 2.45) is 0 Å². The summed E-state index contributed by atoms with van der Waals surface area (Å²) in [6, 6.07) is 26.1. The number of allylic oxidation sites excluding steroid dienone is 3. The van der Waals surface area contributed by atoms with Crippen LogP contribution in [0.5, 0.6) is 0 Å². The second kappa shape index (κ2) is 13.6. The Morgan fingerprint density at radius 2 is 1.65 bits per heavy atom. The predicted molar refractivity (Wildman–Crippen MR) is 191 cm³/mol. The number of unbranched alkanes of at least 4 members (excludes halogenated alkanes) is 1. The third kappa shape index (κ3) is 6.48. The number of carbonyl (C=O) groups is 2. The lowest BCUT2D eigenvalue weighted by molar-refractivity contribution is -0.125. The number of hydrogen-bond donors (Lipinski definition) is 2. The zero-order valence-corrected chi connectivity index (χ0v) is 28.5. The number of rotatable bonds is 10. The minimum absolute atomic E-state index is 0.0248. The van der Waals surface area contributed by atoms with Crippen molar-refractivity contribution in [2.45, 2.75) is 55.1 Å². The number of alkyl halides is 1. The zero-order chi connectivity index (χ0) is 32.3. The van der Waals surface area contributed by atoms with Gasteiger partial charge in [-0.25, -0.2) is 4.39 Å². The lowest BCUT2D eigenvalue weighted by Crippen LogP contribution is -2.46. The number of nitrogens with one attached hydrogen (secondary N) is 2. The molecule has 2 amide bonds. The van der Waals surface area contributed by atoms with Crippen molar-refractivity contribution >= 4 is 30.3 Å². The average Bonchev–Trinajstić information content (AvgIpc) is 3.56. The topological polar surface area (TPSA) is 61.4 Å². The Morgan fingerprint density at radius 3 is 2.30 bits per heavy atom. The van der Waals surface area contributed by atoms with Crippen molar-refractivity contribution < 1.29 is 14.0 Å². The SMILES string of the molecule is CC/C1=C\C=C/C2=CC(CN2CCCCC2(C(=O)NCC(F)(P)P)c3ccccc3-c3ccccc32)NC(=O)C1c1ccccc1. The van der Waals surface area contributed by atoms with Gasteiger partial charge >= 0.3 is 0 Å². The fourth-order valence-electron chi connectivity index (χ4n) is 7.32. The molecule has 2 bridgehead atoms. The maximum Gasteiger partial charge on any atom is 0.235 e. The van der Waals surface area contributed by atoms with Crippen LogP contribution in [0.2, 0.25) is 0 Å². The van der Waals surface area contributed by atoms with Gasteiger partial charge in [0.05, 0.1) is 18.5 Å². The Hall–Kier alpha value is -3.59. The minimum atomic E-state index is -1.68. The van der Waals surface area contributed by atoms with Crippen molar-refractivity contribution in [3.05, 3.63) is 131 Å². The van der Waals surface area contributed by atoms with Gasteiger partial charge in [-0.2, -0.15) is 0 Å². The van der Waals surface area contributed by atoms with Crippen LogP contribution < -0.4 is 10.6 Å². The van der Waals surface area contributed by atoms with E-state index in [0.717, 1.165) is 64.9 Å². The van der Waals surface area contributed by atoms with Gasteiger partial charge in [-0.3, -0.25) is 9.59 Å². The summed E-state index contributed by atoms with van der Waals surface area (Å²) in [7, 11) is 4.28. The number of amides is 2. The second-order valence-electron chi connectivity index (χ2n) is 12.5. The van der Waals surface area contributed by atoms with Gasteiger partial charge in [0.25, 0.3) is 0 Å². The van der Waals surface area contributed by atoms with Crippen molar-refractivity contribution in [3.8, 4) is 11.1 Å². The van der Waals surface area contributed by atoms with Gasteiger partial charge in [-0.15, -0.1) is 0 Å². The third-order valence-corrected chi connectivity index (χ3v) is 9.84.